The van der Waals surface area contributed by atoms with Crippen LogP contribution in [0.25, 0.3) is 10.6 Å². The Labute approximate surface area is 493 Å². The zero-order chi connectivity index (χ0) is 57.5. The Hall–Kier alpha value is -5.95. The molecular formula is C64H86N10O6S2. The van der Waals surface area contributed by atoms with E-state index < -0.39 is 30.2 Å². The topological polar surface area (TPSA) is 189 Å². The van der Waals surface area contributed by atoms with Crippen molar-refractivity contribution in [3.8, 4) is 10.6 Å². The predicted octanol–water partition coefficient (Wildman–Crippen LogP) is 7.76. The fraction of sp³-hybridized carbons (Fsp3) is 0.562. The Balaban J connectivity index is 0.879. The number of amides is 6. The smallest absolute Gasteiger partial charge is 0.273 e. The minimum absolute atomic E-state index is 0.0359. The standard InChI is InChI=1S/C64H86N10O6S2/c1-43(65-3)57(75)69-55(47-23-13-7-14-24-47)63(79)73-35-17-27-51(73)39-71(37-33-45-19-9-5-10-20-45)61(77)53-41-81-59(67-53)49-29-31-50(32-30-49)60-68-54(42-82-60)62(78)72(38-34-46-21-11-6-12-22-46)40-52-28-18-36-74(52)64(80)56(48-25-15-8-16-26-48)70-58(76)44(2)66-4/h5-6,9-12,19-22,29-32,41,43-44,47-48,51-52,54-56,65-66H,7-8,13-18,23-28,33-40,42H2,1-4H3,(H,69,75)(H,70,76)/t43-,44-,51-,52?,54?,55-,56-/m0/s1. The lowest BCUT2D eigenvalue weighted by Gasteiger charge is -2.37. The van der Waals surface area contributed by atoms with E-state index in [-0.39, 0.29) is 59.4 Å². The molecule has 4 fully saturated rings. The lowest BCUT2D eigenvalue weighted by atomic mass is 9.83. The highest BCUT2D eigenvalue weighted by Crippen LogP contribution is 2.34. The zero-order valence-corrected chi connectivity index (χ0v) is 50.2. The molecule has 6 amide bonds. The molecule has 2 unspecified atom stereocenters. The summed E-state index contributed by atoms with van der Waals surface area (Å²) in [6.45, 7) is 6.51. The molecule has 4 heterocycles. The highest BCUT2D eigenvalue weighted by Gasteiger charge is 2.42. The van der Waals surface area contributed by atoms with E-state index in [1.54, 1.807) is 32.8 Å². The van der Waals surface area contributed by atoms with Crippen molar-refractivity contribution < 1.29 is 28.8 Å². The lowest BCUT2D eigenvalue weighted by Crippen LogP contribution is -2.58. The molecule has 82 heavy (non-hydrogen) atoms. The Morgan fingerprint density at radius 2 is 1.07 bits per heavy atom. The van der Waals surface area contributed by atoms with E-state index in [0.29, 0.717) is 68.6 Å². The molecule has 2 saturated heterocycles. The summed E-state index contributed by atoms with van der Waals surface area (Å²) >= 11 is 2.99. The van der Waals surface area contributed by atoms with E-state index >= 15 is 0 Å². The number of rotatable bonds is 24. The fourth-order valence-corrected chi connectivity index (χ4v) is 14.5. The molecule has 7 atom stereocenters. The predicted molar refractivity (Wildman–Crippen MR) is 327 cm³/mol. The molecule has 5 aliphatic rings. The molecule has 2 aliphatic carbocycles. The molecule has 16 nitrogen and oxygen atoms in total. The van der Waals surface area contributed by atoms with Crippen LogP contribution in [0.3, 0.4) is 0 Å². The van der Waals surface area contributed by atoms with Crippen molar-refractivity contribution in [1.29, 1.82) is 0 Å². The Morgan fingerprint density at radius 3 is 1.57 bits per heavy atom. The molecule has 0 radical (unpaired) electrons. The third-order valence-electron chi connectivity index (χ3n) is 17.9. The number of nitrogens with zero attached hydrogens (tertiary/aromatic N) is 6. The molecule has 4 N–H and O–H groups in total. The maximum atomic E-state index is 14.8. The van der Waals surface area contributed by atoms with Crippen molar-refractivity contribution >= 4 is 63.6 Å². The first kappa shape index (κ1) is 60.6. The van der Waals surface area contributed by atoms with Gasteiger partial charge in [0.1, 0.15) is 28.8 Å². The van der Waals surface area contributed by atoms with Gasteiger partial charge < -0.3 is 40.9 Å². The van der Waals surface area contributed by atoms with E-state index in [9.17, 15) is 28.8 Å². The number of likely N-dealkylation sites (tertiary alicyclic amines) is 2. The monoisotopic (exact) mass is 1150 g/mol. The van der Waals surface area contributed by atoms with Crippen LogP contribution >= 0.6 is 23.1 Å². The van der Waals surface area contributed by atoms with E-state index in [2.05, 4.69) is 45.5 Å². The zero-order valence-electron chi connectivity index (χ0n) is 48.6. The second kappa shape index (κ2) is 29.5. The summed E-state index contributed by atoms with van der Waals surface area (Å²) in [6.07, 6.45) is 14.6. The van der Waals surface area contributed by atoms with Crippen molar-refractivity contribution in [3.63, 3.8) is 0 Å². The Kier molecular flexibility index (Phi) is 21.8. The first-order valence-electron chi connectivity index (χ1n) is 30.4. The van der Waals surface area contributed by atoms with Crippen LogP contribution in [0.2, 0.25) is 0 Å². The lowest BCUT2D eigenvalue weighted by molar-refractivity contribution is -0.141. The highest BCUT2D eigenvalue weighted by atomic mass is 32.2. The molecule has 440 valence electrons. The number of thiazole rings is 1. The van der Waals surface area contributed by atoms with Crippen LogP contribution in [0.1, 0.15) is 131 Å². The second-order valence-corrected chi connectivity index (χ2v) is 25.2. The third-order valence-corrected chi connectivity index (χ3v) is 19.9. The van der Waals surface area contributed by atoms with Gasteiger partial charge in [-0.15, -0.1) is 23.1 Å². The number of nitrogens with one attached hydrogen (secondary N) is 4. The molecular weight excluding hydrogens is 1070 g/mol. The Bertz CT molecular complexity index is 2810. The number of likely N-dealkylation sites (N-methyl/N-ethyl adjacent to an activating group) is 2. The van der Waals surface area contributed by atoms with Crippen molar-refractivity contribution in [2.45, 2.75) is 159 Å². The number of benzene rings is 3. The molecule has 9 rings (SSSR count). The maximum Gasteiger partial charge on any atom is 0.273 e. The minimum atomic E-state index is -0.604. The van der Waals surface area contributed by atoms with Gasteiger partial charge in [0.25, 0.3) is 5.91 Å². The van der Waals surface area contributed by atoms with Gasteiger partial charge in [0.2, 0.25) is 29.5 Å². The van der Waals surface area contributed by atoms with Crippen molar-refractivity contribution in [1.82, 2.24) is 45.9 Å². The molecule has 18 heteroatoms. The molecule has 2 saturated carbocycles. The largest absolute Gasteiger partial charge is 0.343 e. The van der Waals surface area contributed by atoms with Crippen LogP contribution in [-0.4, -0.2) is 166 Å². The van der Waals surface area contributed by atoms with Gasteiger partial charge in [0, 0.05) is 73.6 Å². The van der Waals surface area contributed by atoms with Crippen LogP contribution in [0.5, 0.6) is 0 Å². The minimum Gasteiger partial charge on any atom is -0.343 e. The number of hydrogen-bond donors (Lipinski definition) is 4. The average Bonchev–Trinajstić information content (AvgIpc) is 4.55. The van der Waals surface area contributed by atoms with Crippen molar-refractivity contribution in [2.75, 3.05) is 59.1 Å². The van der Waals surface area contributed by atoms with Gasteiger partial charge in [-0.05, 0) is 115 Å². The molecule has 0 bridgehead atoms. The van der Waals surface area contributed by atoms with Crippen molar-refractivity contribution in [3.05, 3.63) is 113 Å². The summed E-state index contributed by atoms with van der Waals surface area (Å²) in [6, 6.07) is 25.3. The van der Waals surface area contributed by atoms with Gasteiger partial charge in [-0.25, -0.2) is 4.98 Å². The van der Waals surface area contributed by atoms with E-state index in [4.69, 9.17) is 9.98 Å². The summed E-state index contributed by atoms with van der Waals surface area (Å²) in [5.74, 6) is -0.00614. The van der Waals surface area contributed by atoms with Crippen LogP contribution in [0, 0.1) is 11.8 Å². The van der Waals surface area contributed by atoms with Gasteiger partial charge in [-0.2, -0.15) is 0 Å². The first-order chi connectivity index (χ1) is 39.9. The summed E-state index contributed by atoms with van der Waals surface area (Å²) in [7, 11) is 3.50. The quantitative estimate of drug-likeness (QED) is 0.0540. The summed E-state index contributed by atoms with van der Waals surface area (Å²) < 4.78 is 0. The highest BCUT2D eigenvalue weighted by molar-refractivity contribution is 8.14. The number of aliphatic imine (C=N–C) groups is 1. The van der Waals surface area contributed by atoms with Gasteiger partial charge in [-0.1, -0.05) is 123 Å². The maximum absolute atomic E-state index is 14.8. The first-order valence-corrected chi connectivity index (χ1v) is 32.2. The van der Waals surface area contributed by atoms with Gasteiger partial charge in [0.15, 0.2) is 0 Å². The molecule has 0 spiro atoms. The van der Waals surface area contributed by atoms with Gasteiger partial charge in [0.05, 0.1) is 17.1 Å². The molecule has 3 aliphatic heterocycles. The van der Waals surface area contributed by atoms with E-state index in [0.717, 1.165) is 117 Å². The van der Waals surface area contributed by atoms with Gasteiger partial charge in [-0.3, -0.25) is 33.8 Å². The summed E-state index contributed by atoms with van der Waals surface area (Å²) in [4.78, 5) is 103. The van der Waals surface area contributed by atoms with E-state index in [1.165, 1.54) is 11.3 Å². The number of thioether (sulfide) groups is 1. The van der Waals surface area contributed by atoms with Crippen LogP contribution in [0.4, 0.5) is 0 Å². The molecule has 3 aromatic carbocycles. The molecule has 4 aromatic rings. The Morgan fingerprint density at radius 1 is 0.598 bits per heavy atom. The third kappa shape index (κ3) is 15.4. The second-order valence-electron chi connectivity index (χ2n) is 23.3. The van der Waals surface area contributed by atoms with Crippen LogP contribution in [-0.2, 0) is 36.8 Å². The normalized spacial score (nSPS) is 21.1. The van der Waals surface area contributed by atoms with Crippen LogP contribution in [0.15, 0.2) is 95.3 Å². The van der Waals surface area contributed by atoms with Gasteiger partial charge >= 0.3 is 0 Å². The van der Waals surface area contributed by atoms with Crippen LogP contribution < -0.4 is 21.3 Å². The summed E-state index contributed by atoms with van der Waals surface area (Å²) in [5, 5.41) is 15.7. The summed E-state index contributed by atoms with van der Waals surface area (Å²) in [5.41, 5.74) is 4.36. The number of carbonyl (C=O) groups excluding carboxylic acids is 6. The van der Waals surface area contributed by atoms with E-state index in [1.807, 2.05) is 92.6 Å². The fourth-order valence-electron chi connectivity index (χ4n) is 12.7. The SMILES string of the molecule is CN[C@@H](C)C(=O)N[C@H](C(=O)N1CCCC1CN(CCc1ccccc1)C(=O)C1CSC(c2ccc(-c3nc(C(=O)N(CCc4ccccc4)C[C@@H]4CCCN4C(=O)[C@@H](NC(=O)[C@H](C)NC)C4CCCCC4)cs3)cc2)=N1)C1CCCCC1. The molecule has 1 aromatic heterocycles. The number of carbonyl (C=O) groups is 6. The van der Waals surface area contributed by atoms with Crippen molar-refractivity contribution in [2.24, 2.45) is 16.8 Å². The average molecular weight is 1160 g/mol. The number of aromatic nitrogens is 1. The number of hydrogen-bond acceptors (Lipinski definition) is 12.